The molecule has 0 fully saturated rings. The maximum absolute atomic E-state index is 9.13. The summed E-state index contributed by atoms with van der Waals surface area (Å²) < 4.78 is 0. The largest absolute Gasteiger partial charge is 0.393 e. The molecule has 0 aromatic heterocycles. The Balaban J connectivity index is 3.50. The second kappa shape index (κ2) is 9.47. The van der Waals surface area contributed by atoms with Crippen LogP contribution >= 0.6 is 0 Å². The average molecular weight is 201 g/mol. The summed E-state index contributed by atoms with van der Waals surface area (Å²) in [5.41, 5.74) is 0. The predicted octanol–water partition coefficient (Wildman–Crippen LogP) is 2.71. The van der Waals surface area contributed by atoms with Crippen LogP contribution in [0.3, 0.4) is 0 Å². The molecule has 2 atom stereocenters. The minimum atomic E-state index is -0.170. The van der Waals surface area contributed by atoms with Gasteiger partial charge in [-0.15, -0.1) is 0 Å². The smallest absolute Gasteiger partial charge is 0.0524 e. The van der Waals surface area contributed by atoms with E-state index in [1.165, 1.54) is 32.1 Å². The fourth-order valence-electron chi connectivity index (χ4n) is 1.64. The van der Waals surface area contributed by atoms with Crippen molar-refractivity contribution in [2.75, 3.05) is 6.54 Å². The lowest BCUT2D eigenvalue weighted by Gasteiger charge is -2.18. The van der Waals surface area contributed by atoms with Crippen molar-refractivity contribution in [3.63, 3.8) is 0 Å². The van der Waals surface area contributed by atoms with Crippen LogP contribution in [-0.2, 0) is 0 Å². The van der Waals surface area contributed by atoms with Gasteiger partial charge in [0.2, 0.25) is 0 Å². The lowest BCUT2D eigenvalue weighted by molar-refractivity contribution is 0.181. The molecule has 0 amide bonds. The molecule has 0 aliphatic carbocycles. The zero-order valence-corrected chi connectivity index (χ0v) is 10.1. The Bertz CT molecular complexity index is 115. The van der Waals surface area contributed by atoms with Crippen molar-refractivity contribution >= 4 is 0 Å². The summed E-state index contributed by atoms with van der Waals surface area (Å²) in [6, 6.07) is 0.665. The molecule has 0 spiro atoms. The van der Waals surface area contributed by atoms with Crippen molar-refractivity contribution in [1.82, 2.24) is 5.32 Å². The molecule has 14 heavy (non-hydrogen) atoms. The molecule has 86 valence electrons. The minimum Gasteiger partial charge on any atom is -0.393 e. The molecule has 0 aliphatic rings. The van der Waals surface area contributed by atoms with E-state index in [0.717, 1.165) is 13.0 Å². The summed E-state index contributed by atoms with van der Waals surface area (Å²) >= 11 is 0. The average Bonchev–Trinajstić information content (AvgIpc) is 2.13. The first-order valence-electron chi connectivity index (χ1n) is 6.12. The van der Waals surface area contributed by atoms with Crippen LogP contribution in [0.2, 0.25) is 0 Å². The number of aliphatic hydroxyl groups excluding tert-OH is 1. The fraction of sp³-hybridized carbons (Fsp3) is 1.00. The van der Waals surface area contributed by atoms with E-state index >= 15 is 0 Å². The van der Waals surface area contributed by atoms with Crippen molar-refractivity contribution in [2.24, 2.45) is 0 Å². The highest BCUT2D eigenvalue weighted by Crippen LogP contribution is 2.06. The molecule has 2 unspecified atom stereocenters. The zero-order chi connectivity index (χ0) is 10.8. The third kappa shape index (κ3) is 8.52. The molecule has 0 aliphatic heterocycles. The number of aliphatic hydroxyl groups is 1. The first-order chi connectivity index (χ1) is 6.70. The summed E-state index contributed by atoms with van der Waals surface area (Å²) in [6.07, 6.45) is 7.08. The van der Waals surface area contributed by atoms with Gasteiger partial charge in [-0.3, -0.25) is 0 Å². The molecule has 0 rings (SSSR count). The van der Waals surface area contributed by atoms with Gasteiger partial charge in [-0.05, 0) is 32.7 Å². The van der Waals surface area contributed by atoms with E-state index < -0.39 is 0 Å². The van der Waals surface area contributed by atoms with E-state index in [1.807, 2.05) is 6.92 Å². The molecule has 0 aromatic carbocycles. The molecule has 0 saturated heterocycles. The van der Waals surface area contributed by atoms with Crippen molar-refractivity contribution < 1.29 is 5.11 Å². The molecular formula is C12H27NO. The lowest BCUT2D eigenvalue weighted by atomic mass is 10.1. The Kier molecular flexibility index (Phi) is 9.42. The normalized spacial score (nSPS) is 15.4. The first kappa shape index (κ1) is 13.9. The SMILES string of the molecule is CCCCC(CCC)NCCC(C)O. The second-order valence-corrected chi connectivity index (χ2v) is 4.22. The van der Waals surface area contributed by atoms with Crippen molar-refractivity contribution in [3.8, 4) is 0 Å². The molecule has 0 aromatic rings. The van der Waals surface area contributed by atoms with E-state index in [-0.39, 0.29) is 6.10 Å². The van der Waals surface area contributed by atoms with E-state index in [4.69, 9.17) is 5.11 Å². The van der Waals surface area contributed by atoms with E-state index in [0.29, 0.717) is 6.04 Å². The fourth-order valence-corrected chi connectivity index (χ4v) is 1.64. The van der Waals surface area contributed by atoms with Gasteiger partial charge in [-0.1, -0.05) is 33.1 Å². The van der Waals surface area contributed by atoms with Crippen LogP contribution in [0.25, 0.3) is 0 Å². The second-order valence-electron chi connectivity index (χ2n) is 4.22. The highest BCUT2D eigenvalue weighted by Gasteiger charge is 2.06. The molecule has 2 heteroatoms. The Morgan fingerprint density at radius 2 is 1.79 bits per heavy atom. The predicted molar refractivity (Wildman–Crippen MR) is 62.5 cm³/mol. The van der Waals surface area contributed by atoms with Crippen LogP contribution < -0.4 is 5.32 Å². The third-order valence-electron chi connectivity index (χ3n) is 2.54. The van der Waals surface area contributed by atoms with Gasteiger partial charge in [-0.2, -0.15) is 0 Å². The van der Waals surface area contributed by atoms with Crippen LogP contribution in [0.1, 0.15) is 59.3 Å². The van der Waals surface area contributed by atoms with Gasteiger partial charge in [-0.25, -0.2) is 0 Å². The van der Waals surface area contributed by atoms with Gasteiger partial charge < -0.3 is 10.4 Å². The van der Waals surface area contributed by atoms with Gasteiger partial charge in [0.1, 0.15) is 0 Å². The van der Waals surface area contributed by atoms with E-state index in [9.17, 15) is 0 Å². The number of rotatable bonds is 9. The van der Waals surface area contributed by atoms with Gasteiger partial charge >= 0.3 is 0 Å². The number of nitrogens with one attached hydrogen (secondary N) is 1. The monoisotopic (exact) mass is 201 g/mol. The van der Waals surface area contributed by atoms with Gasteiger partial charge in [0.25, 0.3) is 0 Å². The zero-order valence-electron chi connectivity index (χ0n) is 10.1. The summed E-state index contributed by atoms with van der Waals surface area (Å²) in [6.45, 7) is 7.27. The standard InChI is InChI=1S/C12H27NO/c1-4-6-8-12(7-5-2)13-10-9-11(3)14/h11-14H,4-10H2,1-3H3. The Morgan fingerprint density at radius 1 is 1.07 bits per heavy atom. The Hall–Kier alpha value is -0.0800. The molecule has 0 heterocycles. The number of unbranched alkanes of at least 4 members (excludes halogenated alkanes) is 1. The first-order valence-corrected chi connectivity index (χ1v) is 6.12. The molecular weight excluding hydrogens is 174 g/mol. The Morgan fingerprint density at radius 3 is 2.29 bits per heavy atom. The third-order valence-corrected chi connectivity index (χ3v) is 2.54. The molecule has 0 saturated carbocycles. The van der Waals surface area contributed by atoms with Crippen LogP contribution in [0.15, 0.2) is 0 Å². The van der Waals surface area contributed by atoms with Gasteiger partial charge in [0, 0.05) is 6.04 Å². The number of hydrogen-bond donors (Lipinski definition) is 2. The number of hydrogen-bond acceptors (Lipinski definition) is 2. The quantitative estimate of drug-likeness (QED) is 0.601. The van der Waals surface area contributed by atoms with Crippen molar-refractivity contribution in [1.29, 1.82) is 0 Å². The summed E-state index contributed by atoms with van der Waals surface area (Å²) in [4.78, 5) is 0. The van der Waals surface area contributed by atoms with E-state index in [2.05, 4.69) is 19.2 Å². The summed E-state index contributed by atoms with van der Waals surface area (Å²) in [5, 5.41) is 12.7. The van der Waals surface area contributed by atoms with Crippen LogP contribution in [0.4, 0.5) is 0 Å². The summed E-state index contributed by atoms with van der Waals surface area (Å²) in [5.74, 6) is 0. The van der Waals surface area contributed by atoms with Crippen LogP contribution in [0.5, 0.6) is 0 Å². The Labute approximate surface area is 89.1 Å². The molecule has 2 nitrogen and oxygen atoms in total. The maximum atomic E-state index is 9.13. The molecule has 0 radical (unpaired) electrons. The molecule has 2 N–H and O–H groups in total. The topological polar surface area (TPSA) is 32.3 Å². The van der Waals surface area contributed by atoms with Gasteiger partial charge in [0.05, 0.1) is 6.10 Å². The van der Waals surface area contributed by atoms with Crippen LogP contribution in [-0.4, -0.2) is 23.8 Å². The highest BCUT2D eigenvalue weighted by molar-refractivity contribution is 4.66. The van der Waals surface area contributed by atoms with Gasteiger partial charge in [0.15, 0.2) is 0 Å². The van der Waals surface area contributed by atoms with Crippen molar-refractivity contribution in [3.05, 3.63) is 0 Å². The summed E-state index contributed by atoms with van der Waals surface area (Å²) in [7, 11) is 0. The molecule has 0 bridgehead atoms. The van der Waals surface area contributed by atoms with E-state index in [1.54, 1.807) is 0 Å². The maximum Gasteiger partial charge on any atom is 0.0524 e. The minimum absolute atomic E-state index is 0.170. The van der Waals surface area contributed by atoms with Crippen LogP contribution in [0, 0.1) is 0 Å². The highest BCUT2D eigenvalue weighted by atomic mass is 16.3. The lowest BCUT2D eigenvalue weighted by Crippen LogP contribution is -2.31. The van der Waals surface area contributed by atoms with Crippen molar-refractivity contribution in [2.45, 2.75) is 71.4 Å².